The van der Waals surface area contributed by atoms with E-state index in [9.17, 15) is 0 Å². The number of aliphatic imine (C=N–C) groups is 1. The van der Waals surface area contributed by atoms with Crippen LogP contribution in [0, 0.1) is 5.92 Å². The van der Waals surface area contributed by atoms with E-state index in [0.717, 1.165) is 32.1 Å². The normalized spacial score (nSPS) is 18.8. The third-order valence-corrected chi connectivity index (χ3v) is 12.3. The Morgan fingerprint density at radius 2 is 1.41 bits per heavy atom. The van der Waals surface area contributed by atoms with Crippen molar-refractivity contribution in [3.63, 3.8) is 0 Å². The Hall–Kier alpha value is -6.25. The van der Waals surface area contributed by atoms with E-state index in [0.29, 0.717) is 5.92 Å². The van der Waals surface area contributed by atoms with Gasteiger partial charge in [-0.3, -0.25) is 4.99 Å². The van der Waals surface area contributed by atoms with Gasteiger partial charge >= 0.3 is 0 Å². The number of rotatable bonds is 9. The number of fused-ring (bicyclic) bond motifs is 7. The van der Waals surface area contributed by atoms with Crippen LogP contribution in [0.1, 0.15) is 58.8 Å². The Balaban J connectivity index is 1.19. The van der Waals surface area contributed by atoms with Crippen LogP contribution in [0.25, 0.3) is 39.2 Å². The zero-order chi connectivity index (χ0) is 37.5. The minimum Gasteiger partial charge on any atom is -0.300 e. The summed E-state index contributed by atoms with van der Waals surface area (Å²) >= 11 is 0. The molecule has 56 heavy (non-hydrogen) atoms. The van der Waals surface area contributed by atoms with Crippen LogP contribution in [-0.2, 0) is 24.7 Å². The topological polar surface area (TPSA) is 17.3 Å². The molecular weight excluding hydrogens is 677 g/mol. The van der Waals surface area contributed by atoms with Crippen molar-refractivity contribution in [2.45, 2.75) is 50.5 Å². The Kier molecular flexibility index (Phi) is 8.83. The molecule has 3 aliphatic rings. The highest BCUT2D eigenvalue weighted by atomic mass is 15.0. The quantitative estimate of drug-likeness (QED) is 0.104. The SMILES string of the molecule is CC1C=Cc2c(c3ccc4c(c3n2C=NC(Cc2ccccc2)Cc2cccc(-c3ccccc3)c2)C(C2=CCCC=C2)(c2ccccc2)c2ccccc2-4)C1. The molecule has 10 rings (SSSR count). The first kappa shape index (κ1) is 34.3. The molecule has 0 N–H and O–H groups in total. The minimum atomic E-state index is -0.465. The van der Waals surface area contributed by atoms with Gasteiger partial charge < -0.3 is 4.57 Å². The van der Waals surface area contributed by atoms with Gasteiger partial charge in [0.05, 0.1) is 29.0 Å². The second-order valence-corrected chi connectivity index (χ2v) is 15.8. The molecule has 2 nitrogen and oxygen atoms in total. The van der Waals surface area contributed by atoms with Crippen LogP contribution in [0.2, 0.25) is 0 Å². The summed E-state index contributed by atoms with van der Waals surface area (Å²) in [4.78, 5) is 5.62. The number of allylic oxidation sites excluding steroid dienone is 5. The zero-order valence-corrected chi connectivity index (χ0v) is 32.0. The Labute approximate surface area is 330 Å². The van der Waals surface area contributed by atoms with Gasteiger partial charge in [0.2, 0.25) is 0 Å². The molecule has 0 aliphatic heterocycles. The van der Waals surface area contributed by atoms with Crippen molar-refractivity contribution < 1.29 is 0 Å². The van der Waals surface area contributed by atoms with Gasteiger partial charge in [0, 0.05) is 10.9 Å². The number of benzene rings is 6. The maximum atomic E-state index is 5.62. The summed E-state index contributed by atoms with van der Waals surface area (Å²) < 4.78 is 2.47. The lowest BCUT2D eigenvalue weighted by Gasteiger charge is -2.36. The van der Waals surface area contributed by atoms with Crippen LogP contribution in [0.5, 0.6) is 0 Å². The summed E-state index contributed by atoms with van der Waals surface area (Å²) in [5, 5.41) is 1.34. The van der Waals surface area contributed by atoms with Crippen LogP contribution < -0.4 is 0 Å². The monoisotopic (exact) mass is 722 g/mol. The molecule has 1 heterocycles. The van der Waals surface area contributed by atoms with Crippen LogP contribution in [0.15, 0.2) is 187 Å². The maximum Gasteiger partial charge on any atom is 0.0944 e. The average Bonchev–Trinajstić information content (AvgIpc) is 3.74. The van der Waals surface area contributed by atoms with Crippen LogP contribution in [0.3, 0.4) is 0 Å². The summed E-state index contributed by atoms with van der Waals surface area (Å²) in [7, 11) is 0. The van der Waals surface area contributed by atoms with Crippen molar-refractivity contribution in [1.29, 1.82) is 0 Å². The molecule has 3 unspecified atom stereocenters. The predicted octanol–water partition coefficient (Wildman–Crippen LogP) is 12.8. The van der Waals surface area contributed by atoms with Gasteiger partial charge in [0.25, 0.3) is 0 Å². The van der Waals surface area contributed by atoms with Gasteiger partial charge in [-0.15, -0.1) is 0 Å². The number of hydrogen-bond donors (Lipinski definition) is 0. The van der Waals surface area contributed by atoms with Crippen molar-refractivity contribution >= 4 is 23.3 Å². The van der Waals surface area contributed by atoms with E-state index in [-0.39, 0.29) is 6.04 Å². The highest BCUT2D eigenvalue weighted by Crippen LogP contribution is 2.59. The van der Waals surface area contributed by atoms with Gasteiger partial charge in [-0.2, -0.15) is 0 Å². The van der Waals surface area contributed by atoms with Gasteiger partial charge in [-0.05, 0) is 99.7 Å². The van der Waals surface area contributed by atoms with Gasteiger partial charge in [-0.25, -0.2) is 0 Å². The molecule has 0 saturated heterocycles. The first-order valence-electron chi connectivity index (χ1n) is 20.3. The Morgan fingerprint density at radius 3 is 2.21 bits per heavy atom. The van der Waals surface area contributed by atoms with Crippen molar-refractivity contribution in [1.82, 2.24) is 4.57 Å². The van der Waals surface area contributed by atoms with E-state index >= 15 is 0 Å². The highest BCUT2D eigenvalue weighted by Gasteiger charge is 2.49. The van der Waals surface area contributed by atoms with E-state index in [1.807, 2.05) is 0 Å². The van der Waals surface area contributed by atoms with E-state index in [1.54, 1.807) is 0 Å². The third kappa shape index (κ3) is 5.83. The largest absolute Gasteiger partial charge is 0.300 e. The van der Waals surface area contributed by atoms with Crippen molar-refractivity contribution in [2.24, 2.45) is 10.9 Å². The molecule has 3 aliphatic carbocycles. The molecule has 7 aromatic rings. The number of aromatic nitrogens is 1. The molecule has 1 aromatic heterocycles. The fourth-order valence-corrected chi connectivity index (χ4v) is 9.78. The average molecular weight is 723 g/mol. The standard InChI is InChI=1S/C54H46N2/c1-38-29-32-51-49(33-38)48-31-30-47-46-27-14-15-28-50(46)54(43-23-10-4-11-24-43,44-25-12-5-13-26-44)52(47)53(48)56(51)37-55-45(35-39-17-6-2-7-18-39)36-40-19-16-22-42(34-40)41-20-8-3-9-21-41/h2-4,6-12,14-32,34,37-38,45H,5,13,33,35-36H2,1H3. The second kappa shape index (κ2) is 14.4. The molecule has 0 spiro atoms. The Bertz CT molecular complexity index is 2670. The van der Waals surface area contributed by atoms with Crippen molar-refractivity contribution in [2.75, 3.05) is 0 Å². The van der Waals surface area contributed by atoms with Crippen molar-refractivity contribution in [3.05, 3.63) is 221 Å². The molecular formula is C54H46N2. The molecule has 2 heteroatoms. The summed E-state index contributed by atoms with van der Waals surface area (Å²) in [5.41, 5.74) is 16.6. The predicted molar refractivity (Wildman–Crippen MR) is 235 cm³/mol. The number of nitrogens with zero attached hydrogens (tertiary/aromatic N) is 2. The van der Waals surface area contributed by atoms with E-state index in [2.05, 4.69) is 200 Å². The fourth-order valence-electron chi connectivity index (χ4n) is 9.78. The molecule has 0 saturated carbocycles. The summed E-state index contributed by atoms with van der Waals surface area (Å²) in [6.45, 7) is 2.34. The zero-order valence-electron chi connectivity index (χ0n) is 32.0. The molecule has 0 radical (unpaired) electrons. The lowest BCUT2D eigenvalue weighted by atomic mass is 9.65. The Morgan fingerprint density at radius 1 is 0.696 bits per heavy atom. The fraction of sp³-hybridized carbons (Fsp3) is 0.167. The summed E-state index contributed by atoms with van der Waals surface area (Å²) in [5.74, 6) is 0.467. The van der Waals surface area contributed by atoms with E-state index in [1.165, 1.54) is 77.8 Å². The smallest absolute Gasteiger partial charge is 0.0944 e. The summed E-state index contributed by atoms with van der Waals surface area (Å²) in [6.07, 6.45) is 19.0. The lowest BCUT2D eigenvalue weighted by Crippen LogP contribution is -2.30. The molecule has 0 fully saturated rings. The molecule has 0 amide bonds. The second-order valence-electron chi connectivity index (χ2n) is 15.8. The lowest BCUT2D eigenvalue weighted by molar-refractivity contribution is 0.667. The maximum absolute atomic E-state index is 5.62. The van der Waals surface area contributed by atoms with Crippen LogP contribution in [-0.4, -0.2) is 16.9 Å². The minimum absolute atomic E-state index is 0.0415. The van der Waals surface area contributed by atoms with Gasteiger partial charge in [-0.1, -0.05) is 183 Å². The molecule has 272 valence electrons. The molecule has 0 bridgehead atoms. The van der Waals surface area contributed by atoms with E-state index in [4.69, 9.17) is 4.99 Å². The first-order chi connectivity index (χ1) is 27.7. The van der Waals surface area contributed by atoms with Crippen molar-refractivity contribution in [3.8, 4) is 22.3 Å². The van der Waals surface area contributed by atoms with Crippen LogP contribution >= 0.6 is 0 Å². The highest BCUT2D eigenvalue weighted by molar-refractivity contribution is 6.04. The number of hydrogen-bond acceptors (Lipinski definition) is 1. The summed E-state index contributed by atoms with van der Waals surface area (Å²) in [6, 6.07) is 55.9. The first-order valence-corrected chi connectivity index (χ1v) is 20.3. The molecule has 6 aromatic carbocycles. The van der Waals surface area contributed by atoms with Gasteiger partial charge in [0.1, 0.15) is 0 Å². The third-order valence-electron chi connectivity index (χ3n) is 12.3. The van der Waals surface area contributed by atoms with Gasteiger partial charge in [0.15, 0.2) is 0 Å². The van der Waals surface area contributed by atoms with E-state index < -0.39 is 5.41 Å². The van der Waals surface area contributed by atoms with Crippen LogP contribution in [0.4, 0.5) is 0 Å². The molecule has 3 atom stereocenters.